The summed E-state index contributed by atoms with van der Waals surface area (Å²) in [5, 5.41) is 8.53. The Morgan fingerprint density at radius 1 is 1.14 bits per heavy atom. The molecule has 2 aliphatic carbocycles. The number of anilines is 1. The van der Waals surface area contributed by atoms with Gasteiger partial charge in [-0.25, -0.2) is 8.42 Å². The van der Waals surface area contributed by atoms with E-state index in [4.69, 9.17) is 5.26 Å². The maximum absolute atomic E-state index is 12.7. The average molecular weight is 318 g/mol. The summed E-state index contributed by atoms with van der Waals surface area (Å²) in [4.78, 5) is 0. The maximum Gasteiger partial charge on any atom is 0.236 e. The van der Waals surface area contributed by atoms with Crippen LogP contribution in [0.3, 0.4) is 0 Å². The standard InChI is InChI=1S/C17H22N2O2S/c1-13-6-9-17(10-7-13)11-8-16(17)22(20,21)19-15-4-2-14(12-18)3-5-15/h2-5,13,16,19H,6-11H2,1H3. The lowest BCUT2D eigenvalue weighted by atomic mass is 9.59. The van der Waals surface area contributed by atoms with E-state index >= 15 is 0 Å². The van der Waals surface area contributed by atoms with Crippen molar-refractivity contribution in [2.75, 3.05) is 4.72 Å². The van der Waals surface area contributed by atoms with Crippen LogP contribution in [0.5, 0.6) is 0 Å². The number of hydrogen-bond acceptors (Lipinski definition) is 3. The predicted octanol–water partition coefficient (Wildman–Crippen LogP) is 3.66. The Morgan fingerprint density at radius 3 is 2.23 bits per heavy atom. The average Bonchev–Trinajstić information content (AvgIpc) is 2.47. The van der Waals surface area contributed by atoms with Crippen LogP contribution in [0.2, 0.25) is 0 Å². The Labute approximate surface area is 132 Å². The highest BCUT2D eigenvalue weighted by atomic mass is 32.2. The summed E-state index contributed by atoms with van der Waals surface area (Å²) in [6.45, 7) is 2.25. The number of hydrogen-bond donors (Lipinski definition) is 1. The van der Waals surface area contributed by atoms with Gasteiger partial charge >= 0.3 is 0 Å². The van der Waals surface area contributed by atoms with Gasteiger partial charge in [0, 0.05) is 5.69 Å². The van der Waals surface area contributed by atoms with Crippen LogP contribution in [0, 0.1) is 22.7 Å². The minimum absolute atomic E-state index is 0.00490. The first-order valence-electron chi connectivity index (χ1n) is 7.97. The molecule has 3 rings (SSSR count). The zero-order valence-electron chi connectivity index (χ0n) is 12.9. The molecule has 2 aliphatic rings. The van der Waals surface area contributed by atoms with Gasteiger partial charge in [0.05, 0.1) is 16.9 Å². The minimum atomic E-state index is -3.35. The number of nitriles is 1. The van der Waals surface area contributed by atoms with Crippen LogP contribution >= 0.6 is 0 Å². The summed E-state index contributed by atoms with van der Waals surface area (Å²) in [6.07, 6.45) is 6.16. The van der Waals surface area contributed by atoms with Crippen molar-refractivity contribution in [2.45, 2.75) is 50.7 Å². The molecule has 2 fully saturated rings. The van der Waals surface area contributed by atoms with Crippen LogP contribution in [-0.4, -0.2) is 13.7 Å². The SMILES string of the molecule is CC1CCC2(CC1)CCC2S(=O)(=O)Nc1ccc(C#N)cc1. The van der Waals surface area contributed by atoms with E-state index in [2.05, 4.69) is 11.6 Å². The molecular weight excluding hydrogens is 296 g/mol. The summed E-state index contributed by atoms with van der Waals surface area (Å²) in [7, 11) is -3.35. The predicted molar refractivity (Wildman–Crippen MR) is 86.8 cm³/mol. The Hall–Kier alpha value is -1.54. The third-order valence-electron chi connectivity index (χ3n) is 5.51. The van der Waals surface area contributed by atoms with Crippen molar-refractivity contribution in [1.29, 1.82) is 5.26 Å². The normalized spacial score (nSPS) is 31.3. The van der Waals surface area contributed by atoms with Gasteiger partial charge in [-0.05, 0) is 61.3 Å². The first-order valence-corrected chi connectivity index (χ1v) is 9.52. The fraction of sp³-hybridized carbons (Fsp3) is 0.588. The first kappa shape index (κ1) is 15.4. The monoisotopic (exact) mass is 318 g/mol. The molecule has 0 aromatic heterocycles. The summed E-state index contributed by atoms with van der Waals surface area (Å²) >= 11 is 0. The van der Waals surface area contributed by atoms with Gasteiger partial charge < -0.3 is 0 Å². The van der Waals surface area contributed by atoms with E-state index in [-0.39, 0.29) is 10.7 Å². The van der Waals surface area contributed by atoms with E-state index in [1.54, 1.807) is 24.3 Å². The molecule has 0 radical (unpaired) electrons. The third-order valence-corrected chi connectivity index (χ3v) is 7.51. The van der Waals surface area contributed by atoms with Crippen molar-refractivity contribution >= 4 is 15.7 Å². The highest BCUT2D eigenvalue weighted by Crippen LogP contribution is 2.55. The van der Waals surface area contributed by atoms with Crippen molar-refractivity contribution in [3.05, 3.63) is 29.8 Å². The van der Waals surface area contributed by atoms with Crippen LogP contribution in [0.1, 0.15) is 51.0 Å². The highest BCUT2D eigenvalue weighted by molar-refractivity contribution is 7.93. The van der Waals surface area contributed by atoms with E-state index in [1.165, 1.54) is 0 Å². The maximum atomic E-state index is 12.7. The number of rotatable bonds is 3. The number of sulfonamides is 1. The second kappa shape index (κ2) is 5.58. The fourth-order valence-electron chi connectivity index (χ4n) is 3.91. The van der Waals surface area contributed by atoms with Crippen molar-refractivity contribution in [3.63, 3.8) is 0 Å². The molecule has 5 heteroatoms. The van der Waals surface area contributed by atoms with Gasteiger partial charge in [0.1, 0.15) is 0 Å². The molecule has 22 heavy (non-hydrogen) atoms. The van der Waals surface area contributed by atoms with E-state index < -0.39 is 10.0 Å². The molecule has 1 unspecified atom stereocenters. The molecule has 1 aromatic rings. The van der Waals surface area contributed by atoms with E-state index in [9.17, 15) is 8.42 Å². The number of nitrogens with one attached hydrogen (secondary N) is 1. The van der Waals surface area contributed by atoms with Crippen LogP contribution in [0.15, 0.2) is 24.3 Å². The molecule has 118 valence electrons. The van der Waals surface area contributed by atoms with Crippen LogP contribution in [0.4, 0.5) is 5.69 Å². The lowest BCUT2D eigenvalue weighted by Crippen LogP contribution is -2.52. The van der Waals surface area contributed by atoms with Gasteiger partial charge in [-0.3, -0.25) is 4.72 Å². The van der Waals surface area contributed by atoms with Crippen LogP contribution in [-0.2, 0) is 10.0 Å². The van der Waals surface area contributed by atoms with E-state index in [0.29, 0.717) is 11.3 Å². The lowest BCUT2D eigenvalue weighted by molar-refractivity contribution is 0.0648. The van der Waals surface area contributed by atoms with Crippen LogP contribution < -0.4 is 4.72 Å². The zero-order chi connectivity index (χ0) is 15.8. The largest absolute Gasteiger partial charge is 0.283 e. The molecule has 0 heterocycles. The van der Waals surface area contributed by atoms with E-state index in [0.717, 1.165) is 44.4 Å². The third kappa shape index (κ3) is 2.72. The summed E-state index contributed by atoms with van der Waals surface area (Å²) in [5.41, 5.74) is 1.08. The van der Waals surface area contributed by atoms with E-state index in [1.807, 2.05) is 6.07 Å². The van der Waals surface area contributed by atoms with Gasteiger partial charge in [-0.1, -0.05) is 19.8 Å². The first-order chi connectivity index (χ1) is 10.5. The molecule has 4 nitrogen and oxygen atoms in total. The molecule has 0 bridgehead atoms. The summed E-state index contributed by atoms with van der Waals surface area (Å²) in [6, 6.07) is 8.62. The Kier molecular flexibility index (Phi) is 3.90. The fourth-order valence-corrected chi connectivity index (χ4v) is 5.96. The second-order valence-corrected chi connectivity index (χ2v) is 8.77. The van der Waals surface area contributed by atoms with Crippen LogP contribution in [0.25, 0.3) is 0 Å². The molecule has 0 amide bonds. The van der Waals surface area contributed by atoms with Crippen molar-refractivity contribution < 1.29 is 8.42 Å². The second-order valence-electron chi connectivity index (χ2n) is 6.91. The van der Waals surface area contributed by atoms with Crippen molar-refractivity contribution in [2.24, 2.45) is 11.3 Å². The zero-order valence-corrected chi connectivity index (χ0v) is 13.7. The molecule has 2 saturated carbocycles. The van der Waals surface area contributed by atoms with Gasteiger partial charge in [-0.15, -0.1) is 0 Å². The number of nitrogens with zero attached hydrogens (tertiary/aromatic N) is 1. The molecular formula is C17H22N2O2S. The Bertz CT molecular complexity index is 680. The Morgan fingerprint density at radius 2 is 1.73 bits per heavy atom. The summed E-state index contributed by atoms with van der Waals surface area (Å²) < 4.78 is 28.1. The molecule has 0 saturated heterocycles. The lowest BCUT2D eigenvalue weighted by Gasteiger charge is -2.52. The van der Waals surface area contributed by atoms with Crippen molar-refractivity contribution in [1.82, 2.24) is 0 Å². The molecule has 1 atom stereocenters. The molecule has 0 aliphatic heterocycles. The highest BCUT2D eigenvalue weighted by Gasteiger charge is 2.53. The van der Waals surface area contributed by atoms with Gasteiger partial charge in [0.2, 0.25) is 10.0 Å². The minimum Gasteiger partial charge on any atom is -0.283 e. The Balaban J connectivity index is 1.74. The van der Waals surface area contributed by atoms with Gasteiger partial charge in [0.25, 0.3) is 0 Å². The quantitative estimate of drug-likeness (QED) is 0.924. The smallest absolute Gasteiger partial charge is 0.236 e. The molecule has 1 spiro atoms. The van der Waals surface area contributed by atoms with Gasteiger partial charge in [0.15, 0.2) is 0 Å². The topological polar surface area (TPSA) is 70.0 Å². The molecule has 1 N–H and O–H groups in total. The van der Waals surface area contributed by atoms with Gasteiger partial charge in [-0.2, -0.15) is 5.26 Å². The van der Waals surface area contributed by atoms with Crippen molar-refractivity contribution in [3.8, 4) is 6.07 Å². The molecule has 1 aromatic carbocycles. The summed E-state index contributed by atoms with van der Waals surface area (Å²) in [5.74, 6) is 0.723. The number of benzene rings is 1.